The number of carbonyl (C=O) groups excluding carboxylic acids is 1. The third-order valence-electron chi connectivity index (χ3n) is 2.29. The van der Waals surface area contributed by atoms with Gasteiger partial charge in [-0.25, -0.2) is 0 Å². The summed E-state index contributed by atoms with van der Waals surface area (Å²) in [4.78, 5) is 10.3. The lowest BCUT2D eigenvalue weighted by Gasteiger charge is -2.15. The topological polar surface area (TPSA) is 29.1 Å². The van der Waals surface area contributed by atoms with Crippen LogP contribution in [0.3, 0.4) is 0 Å². The molecular formula is C12H17NO. The van der Waals surface area contributed by atoms with E-state index in [1.54, 1.807) is 0 Å². The molecule has 2 heteroatoms. The molecule has 1 N–H and O–H groups in total. The number of benzene rings is 1. The summed E-state index contributed by atoms with van der Waals surface area (Å²) in [6.45, 7) is 6.74. The standard InChI is InChI=1S/C12H17NO/c1-9(2)11-6-4-5-10(3)12(11)13-7-8-14/h4-6,8-9,13H,7H2,1-3H3. The Balaban J connectivity index is 3.02. The van der Waals surface area contributed by atoms with E-state index in [0.717, 1.165) is 12.0 Å². The number of aryl methyl sites for hydroxylation is 1. The number of hydrogen-bond acceptors (Lipinski definition) is 2. The third-order valence-corrected chi connectivity index (χ3v) is 2.29. The van der Waals surface area contributed by atoms with Gasteiger partial charge in [0, 0.05) is 5.69 Å². The second-order valence-corrected chi connectivity index (χ2v) is 3.74. The number of rotatable bonds is 4. The van der Waals surface area contributed by atoms with Crippen LogP contribution in [-0.4, -0.2) is 12.8 Å². The average Bonchev–Trinajstić information content (AvgIpc) is 2.15. The Labute approximate surface area is 85.3 Å². The van der Waals surface area contributed by atoms with E-state index in [1.807, 2.05) is 0 Å². The van der Waals surface area contributed by atoms with Gasteiger partial charge in [0.05, 0.1) is 6.54 Å². The van der Waals surface area contributed by atoms with Gasteiger partial charge in [-0.05, 0) is 24.0 Å². The highest BCUT2D eigenvalue weighted by Gasteiger charge is 2.07. The summed E-state index contributed by atoms with van der Waals surface area (Å²) in [5, 5.41) is 3.14. The molecule has 0 aliphatic rings. The Morgan fingerprint density at radius 3 is 2.71 bits per heavy atom. The molecule has 0 aliphatic carbocycles. The molecule has 1 aromatic rings. The van der Waals surface area contributed by atoms with Crippen LogP contribution in [0.25, 0.3) is 0 Å². The normalized spacial score (nSPS) is 10.3. The van der Waals surface area contributed by atoms with Crippen molar-refractivity contribution < 1.29 is 4.79 Å². The Bertz CT molecular complexity index is 318. The van der Waals surface area contributed by atoms with Crippen LogP contribution in [0.2, 0.25) is 0 Å². The zero-order valence-corrected chi connectivity index (χ0v) is 9.00. The van der Waals surface area contributed by atoms with Crippen LogP contribution in [0, 0.1) is 6.92 Å². The predicted molar refractivity (Wildman–Crippen MR) is 59.8 cm³/mol. The van der Waals surface area contributed by atoms with Crippen molar-refractivity contribution in [2.75, 3.05) is 11.9 Å². The highest BCUT2D eigenvalue weighted by atomic mass is 16.1. The maximum atomic E-state index is 10.3. The van der Waals surface area contributed by atoms with E-state index in [9.17, 15) is 4.79 Å². The molecule has 0 radical (unpaired) electrons. The molecule has 0 amide bonds. The van der Waals surface area contributed by atoms with E-state index in [0.29, 0.717) is 12.5 Å². The van der Waals surface area contributed by atoms with Gasteiger partial charge in [0.25, 0.3) is 0 Å². The highest BCUT2D eigenvalue weighted by Crippen LogP contribution is 2.26. The number of para-hydroxylation sites is 1. The second-order valence-electron chi connectivity index (χ2n) is 3.74. The summed E-state index contributed by atoms with van der Waals surface area (Å²) < 4.78 is 0. The van der Waals surface area contributed by atoms with Crippen molar-refractivity contribution in [1.82, 2.24) is 0 Å². The molecule has 0 spiro atoms. The molecule has 0 bridgehead atoms. The molecular weight excluding hydrogens is 174 g/mol. The van der Waals surface area contributed by atoms with Crippen molar-refractivity contribution in [3.8, 4) is 0 Å². The smallest absolute Gasteiger partial charge is 0.139 e. The maximum absolute atomic E-state index is 10.3. The van der Waals surface area contributed by atoms with Crippen molar-refractivity contribution >= 4 is 12.0 Å². The summed E-state index contributed by atoms with van der Waals surface area (Å²) in [5.74, 6) is 0.476. The summed E-state index contributed by atoms with van der Waals surface area (Å²) in [6.07, 6.45) is 0.885. The lowest BCUT2D eigenvalue weighted by Crippen LogP contribution is -2.07. The van der Waals surface area contributed by atoms with Crippen LogP contribution < -0.4 is 5.32 Å². The molecule has 2 nitrogen and oxygen atoms in total. The van der Waals surface area contributed by atoms with Crippen LogP contribution in [-0.2, 0) is 4.79 Å². The minimum absolute atomic E-state index is 0.380. The van der Waals surface area contributed by atoms with Gasteiger partial charge in [0.15, 0.2) is 0 Å². The molecule has 0 fully saturated rings. The quantitative estimate of drug-likeness (QED) is 0.741. The van der Waals surface area contributed by atoms with Gasteiger partial charge in [0.2, 0.25) is 0 Å². The van der Waals surface area contributed by atoms with Crippen LogP contribution in [0.5, 0.6) is 0 Å². The SMILES string of the molecule is Cc1cccc(C(C)C)c1NCC=O. The number of nitrogens with one attached hydrogen (secondary N) is 1. The summed E-state index contributed by atoms with van der Waals surface area (Å²) in [5.41, 5.74) is 3.57. The Kier molecular flexibility index (Phi) is 3.69. The van der Waals surface area contributed by atoms with Crippen molar-refractivity contribution in [2.45, 2.75) is 26.7 Å². The molecule has 1 aromatic carbocycles. The fourth-order valence-electron chi connectivity index (χ4n) is 1.56. The molecule has 0 saturated carbocycles. The molecule has 0 aromatic heterocycles. The molecule has 14 heavy (non-hydrogen) atoms. The zero-order valence-electron chi connectivity index (χ0n) is 9.00. The van der Waals surface area contributed by atoms with Crippen molar-refractivity contribution in [3.63, 3.8) is 0 Å². The van der Waals surface area contributed by atoms with Crippen molar-refractivity contribution in [1.29, 1.82) is 0 Å². The van der Waals surface area contributed by atoms with Gasteiger partial charge >= 0.3 is 0 Å². The van der Waals surface area contributed by atoms with Gasteiger partial charge in [-0.2, -0.15) is 0 Å². The number of hydrogen-bond donors (Lipinski definition) is 1. The number of carbonyl (C=O) groups is 1. The Hall–Kier alpha value is -1.31. The van der Waals surface area contributed by atoms with Crippen molar-refractivity contribution in [3.05, 3.63) is 29.3 Å². The average molecular weight is 191 g/mol. The Morgan fingerprint density at radius 2 is 2.14 bits per heavy atom. The van der Waals surface area contributed by atoms with E-state index >= 15 is 0 Å². The van der Waals surface area contributed by atoms with Crippen LogP contribution in [0.15, 0.2) is 18.2 Å². The monoisotopic (exact) mass is 191 g/mol. The van der Waals surface area contributed by atoms with Crippen LogP contribution in [0.4, 0.5) is 5.69 Å². The molecule has 0 saturated heterocycles. The maximum Gasteiger partial charge on any atom is 0.139 e. The van der Waals surface area contributed by atoms with E-state index in [-0.39, 0.29) is 0 Å². The molecule has 0 aliphatic heterocycles. The minimum atomic E-state index is 0.380. The largest absolute Gasteiger partial charge is 0.378 e. The first-order valence-corrected chi connectivity index (χ1v) is 4.93. The molecule has 0 heterocycles. The second kappa shape index (κ2) is 4.80. The zero-order chi connectivity index (χ0) is 10.6. The lowest BCUT2D eigenvalue weighted by molar-refractivity contribution is -0.106. The first kappa shape index (κ1) is 10.8. The van der Waals surface area contributed by atoms with Crippen LogP contribution in [0.1, 0.15) is 30.9 Å². The van der Waals surface area contributed by atoms with E-state index in [4.69, 9.17) is 0 Å². The fraction of sp³-hybridized carbons (Fsp3) is 0.417. The number of aldehydes is 1. The summed E-state index contributed by atoms with van der Waals surface area (Å²) in [6, 6.07) is 6.21. The van der Waals surface area contributed by atoms with Gasteiger partial charge in [-0.3, -0.25) is 0 Å². The first-order valence-electron chi connectivity index (χ1n) is 4.93. The van der Waals surface area contributed by atoms with Crippen molar-refractivity contribution in [2.24, 2.45) is 0 Å². The van der Waals surface area contributed by atoms with Gasteiger partial charge in [-0.1, -0.05) is 32.0 Å². The first-order chi connectivity index (χ1) is 6.66. The molecule has 76 valence electrons. The predicted octanol–water partition coefficient (Wildman–Crippen LogP) is 2.73. The molecule has 0 atom stereocenters. The lowest BCUT2D eigenvalue weighted by atomic mass is 9.98. The summed E-state index contributed by atoms with van der Waals surface area (Å²) in [7, 11) is 0. The third kappa shape index (κ3) is 2.34. The van der Waals surface area contributed by atoms with Gasteiger partial charge in [0.1, 0.15) is 6.29 Å². The molecule has 0 unspecified atom stereocenters. The van der Waals surface area contributed by atoms with Gasteiger partial charge in [-0.15, -0.1) is 0 Å². The van der Waals surface area contributed by atoms with Crippen LogP contribution >= 0.6 is 0 Å². The minimum Gasteiger partial charge on any atom is -0.378 e. The Morgan fingerprint density at radius 1 is 1.43 bits per heavy atom. The fourth-order valence-corrected chi connectivity index (χ4v) is 1.56. The van der Waals surface area contributed by atoms with E-state index < -0.39 is 0 Å². The van der Waals surface area contributed by atoms with Gasteiger partial charge < -0.3 is 10.1 Å². The van der Waals surface area contributed by atoms with E-state index in [1.165, 1.54) is 11.1 Å². The molecule has 1 rings (SSSR count). The summed E-state index contributed by atoms with van der Waals surface area (Å²) >= 11 is 0. The van der Waals surface area contributed by atoms with E-state index in [2.05, 4.69) is 44.3 Å². The highest BCUT2D eigenvalue weighted by molar-refractivity contribution is 5.64. The number of anilines is 1.